The molecule has 2 aliphatic rings. The lowest BCUT2D eigenvalue weighted by atomic mass is 9.91. The molecule has 0 unspecified atom stereocenters. The van der Waals surface area contributed by atoms with Crippen LogP contribution in [0.15, 0.2) is 48.5 Å². The minimum atomic E-state index is -0.754. The quantitative estimate of drug-likeness (QED) is 0.275. The number of carboxylic acids is 1. The van der Waals surface area contributed by atoms with E-state index < -0.39 is 5.97 Å². The van der Waals surface area contributed by atoms with Gasteiger partial charge in [-0.05, 0) is 93.5 Å². The lowest BCUT2D eigenvalue weighted by Gasteiger charge is -2.30. The molecular weight excluding hydrogens is 500 g/mol. The summed E-state index contributed by atoms with van der Waals surface area (Å²) in [5, 5.41) is 19.1. The number of nitrogens with zero attached hydrogens (tertiary/aromatic N) is 3. The van der Waals surface area contributed by atoms with Crippen molar-refractivity contribution in [2.45, 2.75) is 64.3 Å². The Kier molecular flexibility index (Phi) is 9.90. The molecule has 5 rings (SSSR count). The van der Waals surface area contributed by atoms with E-state index in [0.29, 0.717) is 18.4 Å². The van der Waals surface area contributed by atoms with Gasteiger partial charge in [0, 0.05) is 11.3 Å². The number of aromatic nitrogens is 2. The van der Waals surface area contributed by atoms with Crippen molar-refractivity contribution in [2.24, 2.45) is 5.92 Å². The van der Waals surface area contributed by atoms with Gasteiger partial charge in [0.25, 0.3) is 0 Å². The second kappa shape index (κ2) is 14.0. The number of unbranched alkanes of at least 4 members (excludes halogenated alkanes) is 2. The number of benzene rings is 2. The standard InChI is InChI=1S/C33H44N4O3/c1-2-3-4-21-40-29-10-7-27(8-11-29)23-37-31-22-26(6-5-25-13-17-34-18-14-25)9-12-30(31)33(35-37)28-15-19-36(20-16-28)24-32(38)39/h5-12,22,25,28,34H,2-4,13-21,23-24H2,1H3,(H,38,39). The molecule has 2 aliphatic heterocycles. The van der Waals surface area contributed by atoms with Gasteiger partial charge in [0.2, 0.25) is 0 Å². The van der Waals surface area contributed by atoms with E-state index in [1.807, 2.05) is 4.90 Å². The topological polar surface area (TPSA) is 79.6 Å². The first-order valence-electron chi connectivity index (χ1n) is 15.1. The maximum Gasteiger partial charge on any atom is 0.317 e. The van der Waals surface area contributed by atoms with E-state index in [1.165, 1.54) is 42.2 Å². The van der Waals surface area contributed by atoms with Crippen molar-refractivity contribution in [2.75, 3.05) is 39.3 Å². The fraction of sp³-hybridized carbons (Fsp3) is 0.515. The number of hydrogen-bond acceptors (Lipinski definition) is 5. The fourth-order valence-corrected chi connectivity index (χ4v) is 5.99. The third-order valence-corrected chi connectivity index (χ3v) is 8.35. The van der Waals surface area contributed by atoms with Crippen molar-refractivity contribution in [1.82, 2.24) is 20.0 Å². The predicted octanol–water partition coefficient (Wildman–Crippen LogP) is 5.93. The second-order valence-corrected chi connectivity index (χ2v) is 11.4. The summed E-state index contributed by atoms with van der Waals surface area (Å²) >= 11 is 0. The van der Waals surface area contributed by atoms with Crippen LogP contribution in [-0.2, 0) is 11.3 Å². The Bertz CT molecular complexity index is 1270. The molecule has 2 N–H and O–H groups in total. The zero-order valence-electron chi connectivity index (χ0n) is 23.9. The molecule has 0 spiro atoms. The van der Waals surface area contributed by atoms with Gasteiger partial charge in [0.15, 0.2) is 0 Å². The van der Waals surface area contributed by atoms with Gasteiger partial charge in [0.1, 0.15) is 5.75 Å². The van der Waals surface area contributed by atoms with Gasteiger partial charge in [-0.1, -0.05) is 56.2 Å². The average Bonchev–Trinajstić information content (AvgIpc) is 3.33. The monoisotopic (exact) mass is 544 g/mol. The van der Waals surface area contributed by atoms with Gasteiger partial charge in [-0.25, -0.2) is 0 Å². The van der Waals surface area contributed by atoms with Crippen LogP contribution in [0.4, 0.5) is 0 Å². The van der Waals surface area contributed by atoms with Crippen LogP contribution in [0.1, 0.15) is 74.6 Å². The molecule has 0 saturated carbocycles. The van der Waals surface area contributed by atoms with E-state index in [0.717, 1.165) is 69.0 Å². The second-order valence-electron chi connectivity index (χ2n) is 11.4. The number of allylic oxidation sites excluding steroid dienone is 1. The van der Waals surface area contributed by atoms with E-state index in [-0.39, 0.29) is 6.54 Å². The smallest absolute Gasteiger partial charge is 0.317 e. The van der Waals surface area contributed by atoms with Crippen molar-refractivity contribution in [3.63, 3.8) is 0 Å². The molecule has 3 heterocycles. The van der Waals surface area contributed by atoms with E-state index in [4.69, 9.17) is 9.84 Å². The number of likely N-dealkylation sites (tertiary alicyclic amines) is 1. The minimum Gasteiger partial charge on any atom is -0.494 e. The van der Waals surface area contributed by atoms with Crippen molar-refractivity contribution in [1.29, 1.82) is 0 Å². The fourth-order valence-electron chi connectivity index (χ4n) is 5.99. The number of hydrogen-bond donors (Lipinski definition) is 2. The largest absolute Gasteiger partial charge is 0.494 e. The molecule has 1 aromatic heterocycles. The molecule has 0 amide bonds. The normalized spacial score (nSPS) is 17.6. The zero-order chi connectivity index (χ0) is 27.7. The van der Waals surface area contributed by atoms with Crippen LogP contribution in [0.5, 0.6) is 5.75 Å². The van der Waals surface area contributed by atoms with Crippen molar-refractivity contribution in [3.05, 3.63) is 65.4 Å². The maximum atomic E-state index is 11.2. The highest BCUT2D eigenvalue weighted by Crippen LogP contribution is 2.34. The molecule has 214 valence electrons. The zero-order valence-corrected chi connectivity index (χ0v) is 23.9. The molecule has 0 radical (unpaired) electrons. The van der Waals surface area contributed by atoms with Crippen LogP contribution in [0.25, 0.3) is 17.0 Å². The van der Waals surface area contributed by atoms with Gasteiger partial charge in [0.05, 0.1) is 30.9 Å². The molecule has 40 heavy (non-hydrogen) atoms. The predicted molar refractivity (Wildman–Crippen MR) is 161 cm³/mol. The molecule has 7 heteroatoms. The number of ether oxygens (including phenoxy) is 1. The average molecular weight is 545 g/mol. The van der Waals surface area contributed by atoms with Crippen LogP contribution in [0.3, 0.4) is 0 Å². The Morgan fingerprint density at radius 3 is 2.58 bits per heavy atom. The van der Waals surface area contributed by atoms with Crippen molar-refractivity contribution >= 4 is 22.9 Å². The lowest BCUT2D eigenvalue weighted by molar-refractivity contribution is -0.138. The molecule has 0 bridgehead atoms. The summed E-state index contributed by atoms with van der Waals surface area (Å²) in [5.74, 6) is 1.14. The van der Waals surface area contributed by atoms with Gasteiger partial charge in [-0.15, -0.1) is 0 Å². The molecule has 2 aromatic carbocycles. The third-order valence-electron chi connectivity index (χ3n) is 8.35. The number of piperidine rings is 2. The summed E-state index contributed by atoms with van der Waals surface area (Å²) in [6, 6.07) is 15.2. The maximum absolute atomic E-state index is 11.2. The first-order valence-corrected chi connectivity index (χ1v) is 15.1. The Hall–Kier alpha value is -3.16. The number of carboxylic acid groups (broad SMARTS) is 1. The van der Waals surface area contributed by atoms with Gasteiger partial charge >= 0.3 is 5.97 Å². The number of fused-ring (bicyclic) bond motifs is 1. The molecule has 2 saturated heterocycles. The number of aliphatic carboxylic acids is 1. The van der Waals surface area contributed by atoms with Gasteiger partial charge < -0.3 is 15.2 Å². The third kappa shape index (κ3) is 7.52. The Morgan fingerprint density at radius 1 is 1.07 bits per heavy atom. The molecule has 7 nitrogen and oxygen atoms in total. The molecule has 0 atom stereocenters. The van der Waals surface area contributed by atoms with Crippen molar-refractivity contribution in [3.8, 4) is 5.75 Å². The molecule has 3 aromatic rings. The Balaban J connectivity index is 1.36. The lowest BCUT2D eigenvalue weighted by Crippen LogP contribution is -2.36. The molecule has 2 fully saturated rings. The van der Waals surface area contributed by atoms with Crippen LogP contribution < -0.4 is 10.1 Å². The van der Waals surface area contributed by atoms with Crippen LogP contribution in [0, 0.1) is 5.92 Å². The van der Waals surface area contributed by atoms with Gasteiger partial charge in [-0.3, -0.25) is 14.4 Å². The minimum absolute atomic E-state index is 0.118. The summed E-state index contributed by atoms with van der Waals surface area (Å²) in [6.07, 6.45) is 12.4. The van der Waals surface area contributed by atoms with E-state index in [9.17, 15) is 9.90 Å². The number of nitrogens with one attached hydrogen (secondary N) is 1. The highest BCUT2D eigenvalue weighted by Gasteiger charge is 2.26. The molecule has 0 aliphatic carbocycles. The summed E-state index contributed by atoms with van der Waals surface area (Å²) in [5.41, 5.74) is 4.72. The van der Waals surface area contributed by atoms with E-state index in [2.05, 4.69) is 71.5 Å². The first kappa shape index (κ1) is 28.4. The highest BCUT2D eigenvalue weighted by atomic mass is 16.5. The van der Waals surface area contributed by atoms with E-state index in [1.54, 1.807) is 0 Å². The van der Waals surface area contributed by atoms with Crippen LogP contribution >= 0.6 is 0 Å². The SMILES string of the molecule is CCCCCOc1ccc(Cn2nc(C3CCN(CC(=O)O)CC3)c3ccc(C=CC4CCNCC4)cc32)cc1. The van der Waals surface area contributed by atoms with Crippen LogP contribution in [-0.4, -0.2) is 65.1 Å². The summed E-state index contributed by atoms with van der Waals surface area (Å²) in [7, 11) is 0. The van der Waals surface area contributed by atoms with E-state index >= 15 is 0 Å². The summed E-state index contributed by atoms with van der Waals surface area (Å²) in [6.45, 7) is 7.56. The molecular formula is C33H44N4O3. The number of rotatable bonds is 12. The Morgan fingerprint density at radius 2 is 1.85 bits per heavy atom. The Labute approximate surface area is 238 Å². The summed E-state index contributed by atoms with van der Waals surface area (Å²) in [4.78, 5) is 13.2. The van der Waals surface area contributed by atoms with Crippen molar-refractivity contribution < 1.29 is 14.6 Å². The van der Waals surface area contributed by atoms with Gasteiger partial charge in [-0.2, -0.15) is 5.10 Å². The highest BCUT2D eigenvalue weighted by molar-refractivity contribution is 5.85. The number of carbonyl (C=O) groups is 1. The summed E-state index contributed by atoms with van der Waals surface area (Å²) < 4.78 is 8.08. The first-order chi connectivity index (χ1) is 19.6. The van der Waals surface area contributed by atoms with Crippen LogP contribution in [0.2, 0.25) is 0 Å².